The molecule has 1 N–H and O–H groups in total. The number of nitrogens with zero attached hydrogens (tertiary/aromatic N) is 1. The van der Waals surface area contributed by atoms with Crippen LogP contribution in [-0.4, -0.2) is 25.8 Å². The molecule has 0 atom stereocenters. The van der Waals surface area contributed by atoms with Gasteiger partial charge >= 0.3 is 12.3 Å². The van der Waals surface area contributed by atoms with Gasteiger partial charge in [-0.3, -0.25) is 5.32 Å². The Balaban J connectivity index is 2.33. The Morgan fingerprint density at radius 2 is 1.87 bits per heavy atom. The topological polar surface area (TPSA) is 41.6 Å². The smallest absolute Gasteiger partial charge is 0.416 e. The Bertz CT molecular complexity index is 539. The highest BCUT2D eigenvalue weighted by atomic mass is 19.4. The van der Waals surface area contributed by atoms with Crippen LogP contribution >= 0.6 is 0 Å². The van der Waals surface area contributed by atoms with Gasteiger partial charge in [-0.05, 0) is 38.0 Å². The van der Waals surface area contributed by atoms with Crippen molar-refractivity contribution in [2.45, 2.75) is 38.8 Å². The summed E-state index contributed by atoms with van der Waals surface area (Å²) in [6.07, 6.45) is -1.01. The highest BCUT2D eigenvalue weighted by Gasteiger charge is 2.31. The second-order valence-corrected chi connectivity index (χ2v) is 5.48. The van der Waals surface area contributed by atoms with Gasteiger partial charge in [0.05, 0.1) is 23.5 Å². The van der Waals surface area contributed by atoms with Gasteiger partial charge < -0.3 is 9.64 Å². The molecule has 0 aliphatic carbocycles. The molecule has 2 rings (SSSR count). The van der Waals surface area contributed by atoms with E-state index in [1.165, 1.54) is 6.07 Å². The predicted molar refractivity (Wildman–Crippen MR) is 82.8 cm³/mol. The van der Waals surface area contributed by atoms with Crippen molar-refractivity contribution in [1.29, 1.82) is 0 Å². The molecule has 7 heteroatoms. The molecule has 1 fully saturated rings. The number of anilines is 2. The van der Waals surface area contributed by atoms with E-state index >= 15 is 0 Å². The Labute approximate surface area is 133 Å². The molecular formula is C16H21F3N2O2. The number of alkyl halides is 3. The SMILES string of the molecule is CCOC(=O)Nc1cc(C(F)(F)F)ccc1N1CCCCCC1. The maximum Gasteiger partial charge on any atom is 0.416 e. The summed E-state index contributed by atoms with van der Waals surface area (Å²) < 4.78 is 43.6. The Morgan fingerprint density at radius 3 is 2.43 bits per heavy atom. The summed E-state index contributed by atoms with van der Waals surface area (Å²) in [6, 6.07) is 3.45. The van der Waals surface area contributed by atoms with Gasteiger partial charge in [-0.2, -0.15) is 13.2 Å². The first-order valence-corrected chi connectivity index (χ1v) is 7.82. The number of carbonyl (C=O) groups excluding carboxylic acids is 1. The van der Waals surface area contributed by atoms with Gasteiger partial charge in [0.2, 0.25) is 0 Å². The molecule has 23 heavy (non-hydrogen) atoms. The molecule has 128 valence electrons. The molecule has 0 unspecified atom stereocenters. The van der Waals surface area contributed by atoms with Crippen LogP contribution in [0.1, 0.15) is 38.2 Å². The van der Waals surface area contributed by atoms with Crippen molar-refractivity contribution in [2.75, 3.05) is 29.9 Å². The second kappa shape index (κ2) is 7.57. The summed E-state index contributed by atoms with van der Waals surface area (Å²) in [6.45, 7) is 3.33. The van der Waals surface area contributed by atoms with E-state index in [2.05, 4.69) is 5.32 Å². The minimum atomic E-state index is -4.46. The molecule has 1 aliphatic rings. The molecule has 1 saturated heterocycles. The number of hydrogen-bond acceptors (Lipinski definition) is 3. The summed E-state index contributed by atoms with van der Waals surface area (Å²) >= 11 is 0. The summed E-state index contributed by atoms with van der Waals surface area (Å²) in [5.74, 6) is 0. The number of nitrogens with one attached hydrogen (secondary N) is 1. The van der Waals surface area contributed by atoms with E-state index in [0.29, 0.717) is 5.69 Å². The zero-order valence-corrected chi connectivity index (χ0v) is 13.1. The van der Waals surface area contributed by atoms with Crippen LogP contribution in [0, 0.1) is 0 Å². The monoisotopic (exact) mass is 330 g/mol. The van der Waals surface area contributed by atoms with Crippen LogP contribution in [0.15, 0.2) is 18.2 Å². The molecule has 0 radical (unpaired) electrons. The van der Waals surface area contributed by atoms with Crippen molar-refractivity contribution < 1.29 is 22.7 Å². The highest BCUT2D eigenvalue weighted by molar-refractivity contribution is 5.90. The number of carbonyl (C=O) groups is 1. The summed E-state index contributed by atoms with van der Waals surface area (Å²) in [5.41, 5.74) is -0.0454. The molecule has 4 nitrogen and oxygen atoms in total. The van der Waals surface area contributed by atoms with E-state index in [-0.39, 0.29) is 12.3 Å². The molecule has 1 aromatic carbocycles. The van der Waals surface area contributed by atoms with Gasteiger partial charge in [-0.25, -0.2) is 4.79 Å². The normalized spacial score (nSPS) is 15.9. The van der Waals surface area contributed by atoms with Crippen LogP contribution in [-0.2, 0) is 10.9 Å². The molecule has 1 aliphatic heterocycles. The third kappa shape index (κ3) is 4.77. The van der Waals surface area contributed by atoms with E-state index < -0.39 is 17.8 Å². The third-order valence-electron chi connectivity index (χ3n) is 3.78. The molecule has 0 saturated carbocycles. The fourth-order valence-electron chi connectivity index (χ4n) is 2.68. The zero-order valence-electron chi connectivity index (χ0n) is 13.1. The van der Waals surface area contributed by atoms with Gasteiger partial charge in [0.1, 0.15) is 0 Å². The minimum Gasteiger partial charge on any atom is -0.450 e. The van der Waals surface area contributed by atoms with E-state index in [9.17, 15) is 18.0 Å². The maximum atomic E-state index is 12.9. The average molecular weight is 330 g/mol. The van der Waals surface area contributed by atoms with E-state index in [0.717, 1.165) is 50.9 Å². The van der Waals surface area contributed by atoms with Crippen LogP contribution in [0.4, 0.5) is 29.3 Å². The number of amides is 1. The van der Waals surface area contributed by atoms with E-state index in [4.69, 9.17) is 4.74 Å². The quantitative estimate of drug-likeness (QED) is 0.877. The van der Waals surface area contributed by atoms with Crippen molar-refractivity contribution in [3.63, 3.8) is 0 Å². The van der Waals surface area contributed by atoms with Gasteiger partial charge in [0, 0.05) is 13.1 Å². The number of ether oxygens (including phenoxy) is 1. The largest absolute Gasteiger partial charge is 0.450 e. The Morgan fingerprint density at radius 1 is 1.22 bits per heavy atom. The lowest BCUT2D eigenvalue weighted by Gasteiger charge is -2.26. The number of hydrogen-bond donors (Lipinski definition) is 1. The van der Waals surface area contributed by atoms with Crippen molar-refractivity contribution in [3.05, 3.63) is 23.8 Å². The third-order valence-corrected chi connectivity index (χ3v) is 3.78. The molecule has 0 spiro atoms. The van der Waals surface area contributed by atoms with Crippen molar-refractivity contribution in [2.24, 2.45) is 0 Å². The Hall–Kier alpha value is -1.92. The van der Waals surface area contributed by atoms with Crippen LogP contribution in [0.3, 0.4) is 0 Å². The van der Waals surface area contributed by atoms with Gasteiger partial charge in [-0.1, -0.05) is 12.8 Å². The number of halogens is 3. The van der Waals surface area contributed by atoms with Gasteiger partial charge in [-0.15, -0.1) is 0 Å². The number of rotatable bonds is 3. The highest BCUT2D eigenvalue weighted by Crippen LogP contribution is 2.36. The van der Waals surface area contributed by atoms with Crippen LogP contribution in [0.25, 0.3) is 0 Å². The van der Waals surface area contributed by atoms with E-state index in [1.807, 2.05) is 4.90 Å². The van der Waals surface area contributed by atoms with E-state index in [1.54, 1.807) is 6.92 Å². The molecular weight excluding hydrogens is 309 g/mol. The fraction of sp³-hybridized carbons (Fsp3) is 0.562. The first-order valence-electron chi connectivity index (χ1n) is 7.82. The first-order chi connectivity index (χ1) is 10.9. The number of benzene rings is 1. The molecule has 1 heterocycles. The molecule has 1 aromatic rings. The Kier molecular flexibility index (Phi) is 5.74. The van der Waals surface area contributed by atoms with Crippen LogP contribution < -0.4 is 10.2 Å². The van der Waals surface area contributed by atoms with Crippen molar-refractivity contribution >= 4 is 17.5 Å². The fourth-order valence-corrected chi connectivity index (χ4v) is 2.68. The lowest BCUT2D eigenvalue weighted by atomic mass is 10.1. The van der Waals surface area contributed by atoms with Crippen LogP contribution in [0.5, 0.6) is 0 Å². The van der Waals surface area contributed by atoms with Gasteiger partial charge in [0.15, 0.2) is 0 Å². The molecule has 0 bridgehead atoms. The second-order valence-electron chi connectivity index (χ2n) is 5.48. The standard InChI is InChI=1S/C16H21F3N2O2/c1-2-23-15(22)20-13-11-12(16(17,18)19)7-8-14(13)21-9-5-3-4-6-10-21/h7-8,11H,2-6,9-10H2,1H3,(H,20,22). The molecule has 1 amide bonds. The summed E-state index contributed by atoms with van der Waals surface area (Å²) in [4.78, 5) is 13.7. The van der Waals surface area contributed by atoms with Gasteiger partial charge in [0.25, 0.3) is 0 Å². The lowest BCUT2D eigenvalue weighted by molar-refractivity contribution is -0.137. The first kappa shape index (κ1) is 17.4. The van der Waals surface area contributed by atoms with Crippen molar-refractivity contribution in [1.82, 2.24) is 0 Å². The van der Waals surface area contributed by atoms with Crippen LogP contribution in [0.2, 0.25) is 0 Å². The predicted octanol–water partition coefficient (Wildman–Crippen LogP) is 4.65. The minimum absolute atomic E-state index is 0.139. The average Bonchev–Trinajstić information content (AvgIpc) is 2.75. The zero-order chi connectivity index (χ0) is 16.9. The summed E-state index contributed by atoms with van der Waals surface area (Å²) in [5, 5.41) is 2.44. The molecule has 0 aromatic heterocycles. The maximum absolute atomic E-state index is 12.9. The summed E-state index contributed by atoms with van der Waals surface area (Å²) in [7, 11) is 0. The van der Waals surface area contributed by atoms with Crippen molar-refractivity contribution in [3.8, 4) is 0 Å². The lowest BCUT2D eigenvalue weighted by Crippen LogP contribution is -2.26.